The summed E-state index contributed by atoms with van der Waals surface area (Å²) in [6, 6.07) is 9.04. The van der Waals surface area contributed by atoms with Crippen LogP contribution in [0.5, 0.6) is 0 Å². The molecule has 2 aromatic carbocycles. The molecule has 5 aliphatic heterocycles. The second-order valence-electron chi connectivity index (χ2n) is 17.7. The Morgan fingerprint density at radius 2 is 1.63 bits per heavy atom. The number of nitrogens with zero attached hydrogens (tertiary/aromatic N) is 8. The van der Waals surface area contributed by atoms with Crippen LogP contribution < -0.4 is 20.9 Å². The molecule has 5 aliphatic rings. The van der Waals surface area contributed by atoms with Crippen molar-refractivity contribution >= 4 is 58.6 Å². The van der Waals surface area contributed by atoms with Gasteiger partial charge in [0.25, 0.3) is 23.6 Å². The molecule has 0 aliphatic carbocycles. The Bertz CT molecular complexity index is 2290. The fourth-order valence-electron chi connectivity index (χ4n) is 9.57. The first kappa shape index (κ1) is 42.6. The van der Waals surface area contributed by atoms with Gasteiger partial charge in [0.15, 0.2) is 11.5 Å². The molecule has 2 unspecified atom stereocenters. The van der Waals surface area contributed by atoms with Gasteiger partial charge in [-0.3, -0.25) is 38.6 Å². The number of nitrogens with two attached hydrogens (primary N) is 1. The second kappa shape index (κ2) is 17.4. The third-order valence-electron chi connectivity index (χ3n) is 13.0. The number of hydrogen-bond acceptors (Lipinski definition) is 14. The van der Waals surface area contributed by atoms with Crippen molar-refractivity contribution in [2.45, 2.75) is 77.2 Å². The van der Waals surface area contributed by atoms with Gasteiger partial charge in [-0.1, -0.05) is 6.07 Å². The van der Waals surface area contributed by atoms with Gasteiger partial charge >= 0.3 is 5.97 Å². The van der Waals surface area contributed by atoms with Crippen LogP contribution in [0.3, 0.4) is 0 Å². The highest BCUT2D eigenvalue weighted by molar-refractivity contribution is 6.23. The predicted molar refractivity (Wildman–Crippen MR) is 225 cm³/mol. The summed E-state index contributed by atoms with van der Waals surface area (Å²) in [4.78, 5) is 91.4. The number of aromatic nitrogens is 3. The second-order valence-corrected chi connectivity index (χ2v) is 17.7. The van der Waals surface area contributed by atoms with E-state index in [1.165, 1.54) is 13.2 Å². The number of esters is 1. The maximum absolute atomic E-state index is 15.7. The number of fused-ring (bicyclic) bond motifs is 1. The molecule has 17 nitrogen and oxygen atoms in total. The fraction of sp³-hybridized carbons (Fsp3) is 0.523. The monoisotopic (exact) mass is 852 g/mol. The number of likely N-dealkylation sites (tertiary alicyclic amines) is 2. The summed E-state index contributed by atoms with van der Waals surface area (Å²) in [6.07, 6.45) is 5.68. The highest BCUT2D eigenvalue weighted by Gasteiger charge is 2.49. The Kier molecular flexibility index (Phi) is 12.0. The Hall–Kier alpha value is -6.04. The number of halogens is 1. The number of piperidine rings is 3. The SMILES string of the molecule is COC(=O)C(C)(C)CN1C(=O)CCC(N2C(=O)c3ccc(N4CCC(CN5CCC(c6ccc(Nc7nc(N8CCCCC8)nnc7C(N)=O)cc6F)CC5)C4)cc3C2=O)C1=O. The zero-order valence-corrected chi connectivity index (χ0v) is 35.4. The van der Waals surface area contributed by atoms with Gasteiger partial charge in [0.2, 0.25) is 11.9 Å². The summed E-state index contributed by atoms with van der Waals surface area (Å²) in [5.41, 5.74) is 6.62. The molecular formula is C44H53FN10O7. The first-order chi connectivity index (χ1) is 29.7. The van der Waals surface area contributed by atoms with Crippen molar-refractivity contribution in [1.82, 2.24) is 29.9 Å². The molecule has 5 amide bonds. The Morgan fingerprint density at radius 3 is 2.34 bits per heavy atom. The van der Waals surface area contributed by atoms with Crippen LogP contribution >= 0.6 is 0 Å². The number of benzene rings is 2. The van der Waals surface area contributed by atoms with Crippen molar-refractivity contribution < 1.29 is 37.9 Å². The normalized spacial score (nSPS) is 21.5. The maximum atomic E-state index is 15.7. The van der Waals surface area contributed by atoms with Crippen LogP contribution in [0, 0.1) is 17.2 Å². The van der Waals surface area contributed by atoms with E-state index < -0.39 is 47.0 Å². The molecule has 3 aromatic rings. The molecule has 0 saturated carbocycles. The first-order valence-corrected chi connectivity index (χ1v) is 21.5. The van der Waals surface area contributed by atoms with E-state index in [2.05, 4.69) is 30.3 Å². The van der Waals surface area contributed by atoms with E-state index in [0.717, 1.165) is 99.8 Å². The minimum absolute atomic E-state index is 0.0120. The van der Waals surface area contributed by atoms with Crippen molar-refractivity contribution in [3.8, 4) is 0 Å². The summed E-state index contributed by atoms with van der Waals surface area (Å²) in [5, 5.41) is 11.2. The van der Waals surface area contributed by atoms with E-state index in [1.54, 1.807) is 38.1 Å². The van der Waals surface area contributed by atoms with Crippen LogP contribution in [-0.4, -0.2) is 131 Å². The van der Waals surface area contributed by atoms with Crippen LogP contribution in [0.1, 0.15) is 108 Å². The molecule has 6 heterocycles. The standard InChI is InChI=1S/C44H53FN10O7/c1-44(2,42(61)62-3)25-54-35(56)12-11-34(41(54)60)55-39(58)31-10-8-29(22-32(31)40(55)59)53-20-13-26(24-53)23-51-18-14-27(15-19-51)30-9-7-28(21-33(30)45)47-38-36(37(46)57)49-50-43(48-38)52-16-5-4-6-17-52/h7-10,21-22,26-27,34H,4-6,11-20,23-25H2,1-3H3,(H2,46,57)(H,47,48,50). The topological polar surface area (TPSA) is 205 Å². The number of nitrogens with one attached hydrogen (secondary N) is 1. The van der Waals surface area contributed by atoms with Crippen molar-refractivity contribution in [2.75, 3.05) is 74.6 Å². The molecule has 4 saturated heterocycles. The minimum Gasteiger partial charge on any atom is -0.469 e. The summed E-state index contributed by atoms with van der Waals surface area (Å²) >= 11 is 0. The zero-order chi connectivity index (χ0) is 43.9. The largest absolute Gasteiger partial charge is 0.469 e. The third kappa shape index (κ3) is 8.43. The van der Waals surface area contributed by atoms with Gasteiger partial charge in [-0.15, -0.1) is 10.2 Å². The highest BCUT2D eigenvalue weighted by Crippen LogP contribution is 2.36. The summed E-state index contributed by atoms with van der Waals surface area (Å²) in [5.74, 6) is -3.04. The van der Waals surface area contributed by atoms with Gasteiger partial charge in [-0.05, 0) is 120 Å². The molecule has 1 aromatic heterocycles. The molecule has 0 spiro atoms. The van der Waals surface area contributed by atoms with Gasteiger partial charge in [-0.2, -0.15) is 4.98 Å². The van der Waals surface area contributed by atoms with Gasteiger partial charge in [0.1, 0.15) is 11.9 Å². The third-order valence-corrected chi connectivity index (χ3v) is 13.0. The smallest absolute Gasteiger partial charge is 0.313 e. The average molecular weight is 853 g/mol. The minimum atomic E-state index is -1.17. The van der Waals surface area contributed by atoms with Crippen molar-refractivity contribution in [1.29, 1.82) is 0 Å². The fourth-order valence-corrected chi connectivity index (χ4v) is 9.57. The van der Waals surface area contributed by atoms with Crippen LogP contribution in [-0.2, 0) is 19.1 Å². The number of imide groups is 2. The molecular weight excluding hydrogens is 800 g/mol. The number of carbonyl (C=O) groups is 6. The number of primary amides is 1. The number of hydrogen-bond donors (Lipinski definition) is 2. The summed E-state index contributed by atoms with van der Waals surface area (Å²) in [7, 11) is 1.23. The highest BCUT2D eigenvalue weighted by atomic mass is 19.1. The molecule has 3 N–H and O–H groups in total. The molecule has 18 heteroatoms. The number of ether oxygens (including phenoxy) is 1. The molecule has 0 bridgehead atoms. The first-order valence-electron chi connectivity index (χ1n) is 21.5. The van der Waals surface area contributed by atoms with Gasteiger partial charge in [0.05, 0.1) is 23.7 Å². The van der Waals surface area contributed by atoms with E-state index in [-0.39, 0.29) is 53.8 Å². The number of rotatable bonds is 12. The van der Waals surface area contributed by atoms with E-state index in [9.17, 15) is 28.8 Å². The van der Waals surface area contributed by atoms with Gasteiger partial charge in [0, 0.05) is 57.1 Å². The predicted octanol–water partition coefficient (Wildman–Crippen LogP) is 3.86. The Morgan fingerprint density at radius 1 is 0.887 bits per heavy atom. The lowest BCUT2D eigenvalue weighted by Gasteiger charge is -2.37. The number of anilines is 4. The Balaban J connectivity index is 0.849. The van der Waals surface area contributed by atoms with Crippen molar-refractivity contribution in [2.24, 2.45) is 17.1 Å². The number of amides is 5. The van der Waals surface area contributed by atoms with Crippen LogP contribution in [0.4, 0.5) is 27.5 Å². The number of methoxy groups -OCH3 is 1. The lowest BCUT2D eigenvalue weighted by atomic mass is 9.88. The Labute approximate surface area is 359 Å². The summed E-state index contributed by atoms with van der Waals surface area (Å²) in [6.45, 7) is 8.55. The van der Waals surface area contributed by atoms with E-state index in [1.807, 2.05) is 11.0 Å². The number of carbonyl (C=O) groups excluding carboxylic acids is 6. The van der Waals surface area contributed by atoms with Gasteiger partial charge in [-0.25, -0.2) is 4.39 Å². The molecule has 328 valence electrons. The van der Waals surface area contributed by atoms with E-state index in [4.69, 9.17) is 10.5 Å². The van der Waals surface area contributed by atoms with E-state index >= 15 is 4.39 Å². The lowest BCUT2D eigenvalue weighted by molar-refractivity contribution is -0.159. The lowest BCUT2D eigenvalue weighted by Crippen LogP contribution is -2.58. The van der Waals surface area contributed by atoms with Crippen molar-refractivity contribution in [3.05, 3.63) is 64.6 Å². The quantitative estimate of drug-likeness (QED) is 0.196. The van der Waals surface area contributed by atoms with Crippen LogP contribution in [0.15, 0.2) is 36.4 Å². The van der Waals surface area contributed by atoms with Crippen LogP contribution in [0.25, 0.3) is 0 Å². The maximum Gasteiger partial charge on any atom is 0.313 e. The molecule has 8 rings (SSSR count). The van der Waals surface area contributed by atoms with Crippen molar-refractivity contribution in [3.63, 3.8) is 0 Å². The summed E-state index contributed by atoms with van der Waals surface area (Å²) < 4.78 is 20.5. The molecule has 4 fully saturated rings. The molecule has 62 heavy (non-hydrogen) atoms. The average Bonchev–Trinajstić information content (AvgIpc) is 3.83. The molecule has 0 radical (unpaired) electrons. The van der Waals surface area contributed by atoms with E-state index in [0.29, 0.717) is 23.1 Å². The zero-order valence-electron chi connectivity index (χ0n) is 35.4. The van der Waals surface area contributed by atoms with Crippen LogP contribution in [0.2, 0.25) is 0 Å². The van der Waals surface area contributed by atoms with Gasteiger partial charge < -0.3 is 30.5 Å². The molecule has 2 atom stereocenters.